The summed E-state index contributed by atoms with van der Waals surface area (Å²) in [5.74, 6) is 0. The lowest BCUT2D eigenvalue weighted by Crippen LogP contribution is -2.23. The van der Waals surface area contributed by atoms with Gasteiger partial charge < -0.3 is 10.1 Å². The summed E-state index contributed by atoms with van der Waals surface area (Å²) in [4.78, 5) is 15.8. The largest absolute Gasteiger partial charge is 0.445 e. The van der Waals surface area contributed by atoms with E-state index in [1.165, 1.54) is 17.4 Å². The number of aromatic nitrogens is 1. The molecular formula is C17H13F3N2O2S. The van der Waals surface area contributed by atoms with Crippen LogP contribution in [0.1, 0.15) is 16.1 Å². The number of nitrogens with one attached hydrogen (secondary N) is 1. The van der Waals surface area contributed by atoms with Crippen molar-refractivity contribution in [3.63, 3.8) is 0 Å². The summed E-state index contributed by atoms with van der Waals surface area (Å²) < 4.78 is 43.8. The number of carbonyl (C=O) groups excluding carboxylic acids is 1. The average Bonchev–Trinajstić information content (AvgIpc) is 3.00. The van der Waals surface area contributed by atoms with Gasteiger partial charge in [0, 0.05) is 0 Å². The van der Waals surface area contributed by atoms with E-state index in [1.807, 2.05) is 30.3 Å². The molecule has 1 heterocycles. The van der Waals surface area contributed by atoms with Crippen LogP contribution in [0.25, 0.3) is 10.2 Å². The zero-order valence-electron chi connectivity index (χ0n) is 12.8. The second kappa shape index (κ2) is 7.10. The van der Waals surface area contributed by atoms with Crippen molar-refractivity contribution in [3.8, 4) is 0 Å². The van der Waals surface area contributed by atoms with Crippen molar-refractivity contribution in [2.45, 2.75) is 19.3 Å². The Bertz CT molecular complexity index is 878. The van der Waals surface area contributed by atoms with E-state index in [0.29, 0.717) is 9.71 Å². The predicted octanol–water partition coefficient (Wildman–Crippen LogP) is 4.74. The number of thiazole rings is 1. The Balaban J connectivity index is 1.58. The number of carbonyl (C=O) groups is 1. The smallest absolute Gasteiger partial charge is 0.416 e. The molecule has 3 aromatic rings. The maximum Gasteiger partial charge on any atom is 0.416 e. The van der Waals surface area contributed by atoms with Crippen molar-refractivity contribution in [2.75, 3.05) is 0 Å². The zero-order valence-corrected chi connectivity index (χ0v) is 13.7. The Labute approximate surface area is 145 Å². The molecule has 0 saturated carbocycles. The van der Waals surface area contributed by atoms with Crippen molar-refractivity contribution in [2.24, 2.45) is 0 Å². The van der Waals surface area contributed by atoms with Gasteiger partial charge in [0.25, 0.3) is 0 Å². The van der Waals surface area contributed by atoms with E-state index in [-0.39, 0.29) is 18.7 Å². The van der Waals surface area contributed by atoms with Crippen molar-refractivity contribution in [1.29, 1.82) is 0 Å². The number of hydrogen-bond acceptors (Lipinski definition) is 4. The fourth-order valence-electron chi connectivity index (χ4n) is 2.15. The Morgan fingerprint density at radius 2 is 1.92 bits per heavy atom. The Morgan fingerprint density at radius 1 is 1.16 bits per heavy atom. The predicted molar refractivity (Wildman–Crippen MR) is 88.1 cm³/mol. The van der Waals surface area contributed by atoms with Crippen LogP contribution in [-0.2, 0) is 24.1 Å². The number of alkyl halides is 3. The van der Waals surface area contributed by atoms with E-state index >= 15 is 0 Å². The topological polar surface area (TPSA) is 51.2 Å². The van der Waals surface area contributed by atoms with Gasteiger partial charge >= 0.3 is 12.3 Å². The van der Waals surface area contributed by atoms with E-state index in [4.69, 9.17) is 4.74 Å². The molecule has 130 valence electrons. The molecule has 0 aliphatic heterocycles. The van der Waals surface area contributed by atoms with Gasteiger partial charge in [-0.3, -0.25) is 0 Å². The van der Waals surface area contributed by atoms with Crippen LogP contribution < -0.4 is 5.32 Å². The Kier molecular flexibility index (Phi) is 4.89. The van der Waals surface area contributed by atoms with Crippen molar-refractivity contribution in [1.82, 2.24) is 10.3 Å². The van der Waals surface area contributed by atoms with E-state index in [9.17, 15) is 18.0 Å². The first kappa shape index (κ1) is 17.2. The minimum Gasteiger partial charge on any atom is -0.445 e. The van der Waals surface area contributed by atoms with Crippen molar-refractivity contribution in [3.05, 3.63) is 64.7 Å². The lowest BCUT2D eigenvalue weighted by Gasteiger charge is -2.05. The van der Waals surface area contributed by atoms with Gasteiger partial charge in [-0.1, -0.05) is 30.3 Å². The molecule has 0 saturated heterocycles. The molecule has 0 atom stereocenters. The van der Waals surface area contributed by atoms with Crippen LogP contribution in [0.2, 0.25) is 0 Å². The minimum absolute atomic E-state index is 0.0916. The van der Waals surface area contributed by atoms with E-state index in [0.717, 1.165) is 17.7 Å². The van der Waals surface area contributed by atoms with Crippen LogP contribution in [0.3, 0.4) is 0 Å². The molecule has 25 heavy (non-hydrogen) atoms. The number of fused-ring (bicyclic) bond motifs is 1. The molecule has 3 rings (SSSR count). The molecule has 2 aromatic carbocycles. The molecule has 1 amide bonds. The summed E-state index contributed by atoms with van der Waals surface area (Å²) >= 11 is 1.22. The van der Waals surface area contributed by atoms with Crippen LogP contribution in [0, 0.1) is 0 Å². The number of nitrogens with zero attached hydrogens (tertiary/aromatic N) is 1. The number of alkyl carbamates (subject to hydrolysis) is 1. The van der Waals surface area contributed by atoms with Gasteiger partial charge in [-0.25, -0.2) is 9.78 Å². The summed E-state index contributed by atoms with van der Waals surface area (Å²) in [5, 5.41) is 3.05. The molecule has 0 spiro atoms. The molecule has 1 N–H and O–H groups in total. The molecule has 0 bridgehead atoms. The summed E-state index contributed by atoms with van der Waals surface area (Å²) in [7, 11) is 0. The highest BCUT2D eigenvalue weighted by Gasteiger charge is 2.30. The van der Waals surface area contributed by atoms with Crippen LogP contribution >= 0.6 is 11.3 Å². The third-order valence-electron chi connectivity index (χ3n) is 3.36. The lowest BCUT2D eigenvalue weighted by atomic mass is 10.2. The summed E-state index contributed by atoms with van der Waals surface area (Å²) in [6.45, 7) is 0.232. The van der Waals surface area contributed by atoms with Crippen molar-refractivity contribution < 1.29 is 22.7 Å². The minimum atomic E-state index is -4.41. The fraction of sp³-hybridized carbons (Fsp3) is 0.176. The normalized spacial score (nSPS) is 11.5. The van der Waals surface area contributed by atoms with Crippen LogP contribution in [-0.4, -0.2) is 11.1 Å². The molecule has 4 nitrogen and oxygen atoms in total. The second-order valence-electron chi connectivity index (χ2n) is 5.20. The number of ether oxygens (including phenoxy) is 1. The Hall–Kier alpha value is -2.61. The lowest BCUT2D eigenvalue weighted by molar-refractivity contribution is -0.137. The Morgan fingerprint density at radius 3 is 2.64 bits per heavy atom. The van der Waals surface area contributed by atoms with Gasteiger partial charge in [0.15, 0.2) is 0 Å². The number of halogens is 3. The highest BCUT2D eigenvalue weighted by Crippen LogP contribution is 2.32. The molecule has 0 fully saturated rings. The standard InChI is InChI=1S/C17H13F3N2O2S/c18-17(19,20)12-6-7-14-13(8-12)22-15(25-14)9-21-16(23)24-10-11-4-2-1-3-5-11/h1-8H,9-10H2,(H,21,23). The average molecular weight is 366 g/mol. The number of benzene rings is 2. The number of rotatable bonds is 4. The number of amides is 1. The third kappa shape index (κ3) is 4.48. The molecule has 0 aliphatic rings. The zero-order chi connectivity index (χ0) is 17.9. The van der Waals surface area contributed by atoms with E-state index in [1.54, 1.807) is 0 Å². The summed E-state index contributed by atoms with van der Waals surface area (Å²) in [6, 6.07) is 12.6. The summed E-state index contributed by atoms with van der Waals surface area (Å²) in [6.07, 6.45) is -5.02. The molecule has 0 aliphatic carbocycles. The molecule has 0 radical (unpaired) electrons. The van der Waals surface area contributed by atoms with Gasteiger partial charge in [-0.15, -0.1) is 11.3 Å². The first-order valence-corrected chi connectivity index (χ1v) is 8.15. The summed E-state index contributed by atoms with van der Waals surface area (Å²) in [5.41, 5.74) is 0.374. The molecule has 1 aromatic heterocycles. The van der Waals surface area contributed by atoms with Crippen LogP contribution in [0.4, 0.5) is 18.0 Å². The maximum absolute atomic E-state index is 12.7. The van der Waals surface area contributed by atoms with Crippen LogP contribution in [0.5, 0.6) is 0 Å². The molecular weight excluding hydrogens is 353 g/mol. The monoisotopic (exact) mass is 366 g/mol. The number of hydrogen-bond donors (Lipinski definition) is 1. The van der Waals surface area contributed by atoms with E-state index < -0.39 is 17.8 Å². The van der Waals surface area contributed by atoms with Gasteiger partial charge in [0.2, 0.25) is 0 Å². The second-order valence-corrected chi connectivity index (χ2v) is 6.32. The maximum atomic E-state index is 12.7. The van der Waals surface area contributed by atoms with Gasteiger partial charge in [0.05, 0.1) is 22.3 Å². The first-order valence-electron chi connectivity index (χ1n) is 7.33. The van der Waals surface area contributed by atoms with Crippen molar-refractivity contribution >= 4 is 27.6 Å². The first-order chi connectivity index (χ1) is 11.9. The highest BCUT2D eigenvalue weighted by molar-refractivity contribution is 7.18. The van der Waals surface area contributed by atoms with Gasteiger partial charge in [-0.2, -0.15) is 13.2 Å². The molecule has 8 heteroatoms. The molecule has 0 unspecified atom stereocenters. The van der Waals surface area contributed by atoms with Gasteiger partial charge in [-0.05, 0) is 23.8 Å². The highest BCUT2D eigenvalue weighted by atomic mass is 32.1. The SMILES string of the molecule is O=C(NCc1nc2cc(C(F)(F)F)ccc2s1)OCc1ccccc1. The van der Waals surface area contributed by atoms with E-state index in [2.05, 4.69) is 10.3 Å². The third-order valence-corrected chi connectivity index (χ3v) is 4.39. The fourth-order valence-corrected chi connectivity index (χ4v) is 3.04. The quantitative estimate of drug-likeness (QED) is 0.725. The van der Waals surface area contributed by atoms with Crippen LogP contribution in [0.15, 0.2) is 48.5 Å². The van der Waals surface area contributed by atoms with Gasteiger partial charge in [0.1, 0.15) is 11.6 Å².